The van der Waals surface area contributed by atoms with E-state index in [1.807, 2.05) is 0 Å². The van der Waals surface area contributed by atoms with Crippen molar-refractivity contribution in [2.24, 2.45) is 0 Å². The summed E-state index contributed by atoms with van der Waals surface area (Å²) in [5.41, 5.74) is 1.69. The molecule has 26 heavy (non-hydrogen) atoms. The minimum Gasteiger partial charge on any atom is -0.503 e. The second-order valence-electron chi connectivity index (χ2n) is 5.42. The minimum atomic E-state index is -0.985. The number of halogens is 1. The Bertz CT molecular complexity index is 1020. The van der Waals surface area contributed by atoms with Gasteiger partial charge in [0.2, 0.25) is 10.9 Å². The SMILES string of the molecule is O=C(C1=C(O)C(=O)N(c2nncs2)C1c1cccc(F)c1)c1cccs1. The standard InChI is InChI=1S/C17H10FN3O3S2/c18-10-4-1-3-9(7-10)13-12(14(22)11-5-2-6-25-11)15(23)16(24)21(13)17-20-19-8-26-17/h1-8,13,23H. The highest BCUT2D eigenvalue weighted by Crippen LogP contribution is 2.42. The molecule has 0 fully saturated rings. The number of anilines is 1. The van der Waals surface area contributed by atoms with Gasteiger partial charge in [-0.05, 0) is 29.1 Å². The number of Topliss-reactive ketones (excluding diaryl/α,β-unsaturated/α-hetero) is 1. The Balaban J connectivity index is 1.89. The monoisotopic (exact) mass is 387 g/mol. The summed E-state index contributed by atoms with van der Waals surface area (Å²) in [7, 11) is 0. The summed E-state index contributed by atoms with van der Waals surface area (Å²) in [4.78, 5) is 27.2. The van der Waals surface area contributed by atoms with Crippen LogP contribution in [0.2, 0.25) is 0 Å². The summed E-state index contributed by atoms with van der Waals surface area (Å²) in [6.45, 7) is 0. The van der Waals surface area contributed by atoms with E-state index in [2.05, 4.69) is 10.2 Å². The molecule has 1 amide bonds. The highest BCUT2D eigenvalue weighted by molar-refractivity contribution is 7.13. The van der Waals surface area contributed by atoms with E-state index in [4.69, 9.17) is 0 Å². The topological polar surface area (TPSA) is 83.4 Å². The van der Waals surface area contributed by atoms with Gasteiger partial charge >= 0.3 is 0 Å². The van der Waals surface area contributed by atoms with Crippen LogP contribution in [0.25, 0.3) is 0 Å². The number of benzene rings is 1. The number of hydrogen-bond donors (Lipinski definition) is 1. The molecule has 3 heterocycles. The van der Waals surface area contributed by atoms with Crippen LogP contribution in [-0.2, 0) is 4.79 Å². The quantitative estimate of drug-likeness (QED) is 0.693. The average Bonchev–Trinajstić information content (AvgIpc) is 3.37. The number of hydrogen-bond acceptors (Lipinski definition) is 7. The number of aliphatic hydroxyl groups excluding tert-OH is 1. The summed E-state index contributed by atoms with van der Waals surface area (Å²) >= 11 is 2.28. The van der Waals surface area contributed by atoms with Gasteiger partial charge in [0.25, 0.3) is 5.91 Å². The Morgan fingerprint density at radius 1 is 1.23 bits per heavy atom. The molecule has 9 heteroatoms. The van der Waals surface area contributed by atoms with Crippen molar-refractivity contribution in [2.45, 2.75) is 6.04 Å². The predicted octanol–water partition coefficient (Wildman–Crippen LogP) is 3.52. The van der Waals surface area contributed by atoms with Gasteiger partial charge in [0.05, 0.1) is 16.5 Å². The number of aromatic nitrogens is 2. The lowest BCUT2D eigenvalue weighted by Gasteiger charge is -2.23. The lowest BCUT2D eigenvalue weighted by Crippen LogP contribution is -2.31. The van der Waals surface area contributed by atoms with Crippen LogP contribution < -0.4 is 4.90 Å². The first-order chi connectivity index (χ1) is 12.6. The molecule has 0 saturated heterocycles. The third kappa shape index (κ3) is 2.61. The van der Waals surface area contributed by atoms with Crippen molar-refractivity contribution in [3.05, 3.63) is 74.9 Å². The van der Waals surface area contributed by atoms with E-state index in [1.165, 1.54) is 39.9 Å². The number of nitrogens with zero attached hydrogens (tertiary/aromatic N) is 3. The molecule has 1 N–H and O–H groups in total. The van der Waals surface area contributed by atoms with Crippen molar-refractivity contribution >= 4 is 39.5 Å². The lowest BCUT2D eigenvalue weighted by atomic mass is 9.95. The maximum absolute atomic E-state index is 13.8. The van der Waals surface area contributed by atoms with E-state index >= 15 is 0 Å². The second-order valence-corrected chi connectivity index (χ2v) is 7.18. The van der Waals surface area contributed by atoms with Gasteiger partial charge in [-0.15, -0.1) is 21.5 Å². The van der Waals surface area contributed by atoms with Crippen molar-refractivity contribution in [3.8, 4) is 0 Å². The van der Waals surface area contributed by atoms with Gasteiger partial charge in [-0.25, -0.2) is 4.39 Å². The summed E-state index contributed by atoms with van der Waals surface area (Å²) in [6, 6.07) is 7.89. The highest BCUT2D eigenvalue weighted by Gasteiger charge is 2.46. The molecule has 0 spiro atoms. The van der Waals surface area contributed by atoms with Crippen molar-refractivity contribution < 1.29 is 19.1 Å². The van der Waals surface area contributed by atoms with Crippen molar-refractivity contribution in [1.82, 2.24) is 10.2 Å². The van der Waals surface area contributed by atoms with E-state index in [1.54, 1.807) is 23.6 Å². The molecule has 1 aromatic carbocycles. The van der Waals surface area contributed by atoms with E-state index in [0.29, 0.717) is 10.4 Å². The molecule has 4 rings (SSSR count). The zero-order valence-corrected chi connectivity index (χ0v) is 14.6. The molecule has 6 nitrogen and oxygen atoms in total. The summed E-state index contributed by atoms with van der Waals surface area (Å²) in [6.07, 6.45) is 0. The van der Waals surface area contributed by atoms with E-state index in [0.717, 1.165) is 11.3 Å². The van der Waals surface area contributed by atoms with E-state index in [-0.39, 0.29) is 10.7 Å². The molecule has 130 valence electrons. The Morgan fingerprint density at radius 3 is 2.73 bits per heavy atom. The van der Waals surface area contributed by atoms with Crippen LogP contribution >= 0.6 is 22.7 Å². The fourth-order valence-corrected chi connectivity index (χ4v) is 4.10. The van der Waals surface area contributed by atoms with E-state index < -0.39 is 29.3 Å². The molecule has 0 bridgehead atoms. The normalized spacial score (nSPS) is 17.2. The maximum atomic E-state index is 13.8. The first-order valence-corrected chi connectivity index (χ1v) is 9.20. The van der Waals surface area contributed by atoms with Crippen molar-refractivity contribution in [3.63, 3.8) is 0 Å². The molecule has 1 aliphatic rings. The zero-order valence-electron chi connectivity index (χ0n) is 13.0. The number of carbonyl (C=O) groups is 2. The van der Waals surface area contributed by atoms with Gasteiger partial charge in [0, 0.05) is 0 Å². The van der Waals surface area contributed by atoms with Gasteiger partial charge in [-0.1, -0.05) is 29.5 Å². The molecule has 2 aromatic heterocycles. The second kappa shape index (κ2) is 6.43. The number of aliphatic hydroxyl groups is 1. The summed E-state index contributed by atoms with van der Waals surface area (Å²) < 4.78 is 13.8. The zero-order chi connectivity index (χ0) is 18.3. The van der Waals surface area contributed by atoms with E-state index in [9.17, 15) is 19.1 Å². The molecule has 1 unspecified atom stereocenters. The van der Waals surface area contributed by atoms with Crippen LogP contribution in [0.15, 0.2) is 58.6 Å². The first kappa shape index (κ1) is 16.6. The number of ketones is 1. The molecule has 1 aliphatic heterocycles. The average molecular weight is 387 g/mol. The molecular weight excluding hydrogens is 377 g/mol. The third-order valence-corrected chi connectivity index (χ3v) is 5.47. The number of carbonyl (C=O) groups excluding carboxylic acids is 2. The van der Waals surface area contributed by atoms with Crippen LogP contribution in [-0.4, -0.2) is 27.0 Å². The van der Waals surface area contributed by atoms with Crippen LogP contribution in [0, 0.1) is 5.82 Å². The summed E-state index contributed by atoms with van der Waals surface area (Å²) in [5.74, 6) is -2.42. The minimum absolute atomic E-state index is 0.0988. The molecule has 0 radical (unpaired) electrons. The van der Waals surface area contributed by atoms with Gasteiger partial charge in [0.15, 0.2) is 5.76 Å². The fraction of sp³-hybridized carbons (Fsp3) is 0.0588. The van der Waals surface area contributed by atoms with Crippen LogP contribution in [0.5, 0.6) is 0 Å². The molecule has 0 saturated carbocycles. The van der Waals surface area contributed by atoms with Gasteiger partial charge in [0.1, 0.15) is 11.3 Å². The number of amides is 1. The smallest absolute Gasteiger partial charge is 0.296 e. The van der Waals surface area contributed by atoms with Gasteiger partial charge in [-0.3, -0.25) is 14.5 Å². The third-order valence-electron chi connectivity index (χ3n) is 3.92. The van der Waals surface area contributed by atoms with Crippen molar-refractivity contribution in [2.75, 3.05) is 4.90 Å². The molecule has 3 aromatic rings. The maximum Gasteiger partial charge on any atom is 0.296 e. The predicted molar refractivity (Wildman–Crippen MR) is 94.8 cm³/mol. The van der Waals surface area contributed by atoms with Crippen LogP contribution in [0.4, 0.5) is 9.52 Å². The van der Waals surface area contributed by atoms with Crippen LogP contribution in [0.1, 0.15) is 21.3 Å². The lowest BCUT2D eigenvalue weighted by molar-refractivity contribution is -0.117. The largest absolute Gasteiger partial charge is 0.503 e. The first-order valence-electron chi connectivity index (χ1n) is 7.44. The Labute approximate surface area is 154 Å². The molecule has 1 atom stereocenters. The highest BCUT2D eigenvalue weighted by atomic mass is 32.1. The Kier molecular flexibility index (Phi) is 4.09. The Morgan fingerprint density at radius 2 is 2.08 bits per heavy atom. The molecular formula is C17H10FN3O3S2. The van der Waals surface area contributed by atoms with Gasteiger partial charge < -0.3 is 5.11 Å². The number of rotatable bonds is 4. The number of thiophene rings is 1. The van der Waals surface area contributed by atoms with Crippen LogP contribution in [0.3, 0.4) is 0 Å². The fourth-order valence-electron chi connectivity index (χ4n) is 2.84. The summed E-state index contributed by atoms with van der Waals surface area (Å²) in [5, 5.41) is 19.9. The van der Waals surface area contributed by atoms with Crippen molar-refractivity contribution in [1.29, 1.82) is 0 Å². The Hall–Kier alpha value is -2.91. The molecule has 0 aliphatic carbocycles. The van der Waals surface area contributed by atoms with Gasteiger partial charge in [-0.2, -0.15) is 0 Å².